The van der Waals surface area contributed by atoms with Gasteiger partial charge in [-0.1, -0.05) is 11.6 Å². The number of nitrogens with zero attached hydrogens (tertiary/aromatic N) is 3. The maximum atomic E-state index is 12.9. The summed E-state index contributed by atoms with van der Waals surface area (Å²) in [5.41, 5.74) is 2.09. The standard InChI is InChI=1S/C23H19ClN4O4/c1-12-18-19(15-9-10-17(30-2)21(32-4)20(15)31-3)16(11-25)23(29)26-22(18)28(27-12)14-7-5-13(24)6-8-14/h5-10H,1-4H3,(H,26,29). The summed E-state index contributed by atoms with van der Waals surface area (Å²) in [5.74, 6) is 1.16. The second kappa shape index (κ2) is 8.29. The van der Waals surface area contributed by atoms with E-state index in [0.717, 1.165) is 0 Å². The Balaban J connectivity index is 2.14. The van der Waals surface area contributed by atoms with Crippen LogP contribution in [0.15, 0.2) is 41.2 Å². The van der Waals surface area contributed by atoms with Gasteiger partial charge < -0.3 is 19.2 Å². The van der Waals surface area contributed by atoms with Gasteiger partial charge in [0.15, 0.2) is 11.5 Å². The van der Waals surface area contributed by atoms with Crippen molar-refractivity contribution in [3.63, 3.8) is 0 Å². The lowest BCUT2D eigenvalue weighted by molar-refractivity contribution is 0.325. The van der Waals surface area contributed by atoms with Gasteiger partial charge in [-0.2, -0.15) is 10.4 Å². The molecule has 0 radical (unpaired) electrons. The van der Waals surface area contributed by atoms with Crippen LogP contribution in [0.2, 0.25) is 5.02 Å². The maximum absolute atomic E-state index is 12.9. The Hall–Kier alpha value is -3.96. The lowest BCUT2D eigenvalue weighted by atomic mass is 9.96. The Morgan fingerprint density at radius 1 is 1.03 bits per heavy atom. The Kier molecular flexibility index (Phi) is 5.51. The smallest absolute Gasteiger partial charge is 0.268 e. The number of aryl methyl sites for hydroxylation is 1. The number of nitriles is 1. The van der Waals surface area contributed by atoms with Crippen molar-refractivity contribution >= 4 is 22.6 Å². The molecule has 0 unspecified atom stereocenters. The molecule has 2 heterocycles. The average molecular weight is 451 g/mol. The Morgan fingerprint density at radius 3 is 2.31 bits per heavy atom. The van der Waals surface area contributed by atoms with Gasteiger partial charge in [-0.25, -0.2) is 4.68 Å². The monoisotopic (exact) mass is 450 g/mol. The molecule has 2 aromatic heterocycles. The van der Waals surface area contributed by atoms with Gasteiger partial charge >= 0.3 is 0 Å². The second-order valence-electron chi connectivity index (χ2n) is 6.90. The predicted octanol–water partition coefficient (Wildman–Crippen LogP) is 4.24. The predicted molar refractivity (Wildman–Crippen MR) is 121 cm³/mol. The number of fused-ring (bicyclic) bond motifs is 1. The van der Waals surface area contributed by atoms with Gasteiger partial charge in [0.1, 0.15) is 17.3 Å². The number of hydrogen-bond donors (Lipinski definition) is 1. The SMILES string of the molecule is COc1ccc(-c2c(C#N)c(=O)[nH]c3c2c(C)nn3-c2ccc(Cl)cc2)c(OC)c1OC. The van der Waals surface area contributed by atoms with Crippen molar-refractivity contribution in [3.05, 3.63) is 63.0 Å². The lowest BCUT2D eigenvalue weighted by Gasteiger charge is -2.17. The summed E-state index contributed by atoms with van der Waals surface area (Å²) in [6, 6.07) is 12.5. The van der Waals surface area contributed by atoms with Crippen LogP contribution >= 0.6 is 11.6 Å². The van der Waals surface area contributed by atoms with Crippen molar-refractivity contribution in [1.82, 2.24) is 14.8 Å². The minimum atomic E-state index is -0.540. The molecule has 0 aliphatic rings. The third kappa shape index (κ3) is 3.24. The third-order valence-corrected chi connectivity index (χ3v) is 5.43. The van der Waals surface area contributed by atoms with Crippen LogP contribution in [0.25, 0.3) is 27.8 Å². The van der Waals surface area contributed by atoms with Crippen LogP contribution in [-0.2, 0) is 0 Å². The molecule has 0 saturated carbocycles. The van der Waals surface area contributed by atoms with Gasteiger partial charge in [0.2, 0.25) is 5.75 Å². The Bertz CT molecular complexity index is 1430. The quantitative estimate of drug-likeness (QED) is 0.488. The first-order chi connectivity index (χ1) is 15.4. The molecule has 0 amide bonds. The number of rotatable bonds is 5. The molecule has 0 aliphatic carbocycles. The van der Waals surface area contributed by atoms with Gasteiger partial charge in [-0.3, -0.25) is 4.79 Å². The van der Waals surface area contributed by atoms with Crippen molar-refractivity contribution in [2.75, 3.05) is 21.3 Å². The summed E-state index contributed by atoms with van der Waals surface area (Å²) >= 11 is 6.02. The van der Waals surface area contributed by atoms with Crippen LogP contribution in [0.5, 0.6) is 17.2 Å². The molecular formula is C23H19ClN4O4. The number of aromatic amines is 1. The van der Waals surface area contributed by atoms with E-state index in [4.69, 9.17) is 25.8 Å². The fraction of sp³-hybridized carbons (Fsp3) is 0.174. The summed E-state index contributed by atoms with van der Waals surface area (Å²) in [7, 11) is 4.50. The number of pyridine rings is 1. The van der Waals surface area contributed by atoms with E-state index in [9.17, 15) is 10.1 Å². The Labute approximate surface area is 188 Å². The topological polar surface area (TPSA) is 102 Å². The van der Waals surface area contributed by atoms with Crippen molar-refractivity contribution < 1.29 is 14.2 Å². The highest BCUT2D eigenvalue weighted by molar-refractivity contribution is 6.30. The highest BCUT2D eigenvalue weighted by atomic mass is 35.5. The molecule has 0 saturated heterocycles. The molecule has 2 aromatic carbocycles. The number of ether oxygens (including phenoxy) is 3. The first kappa shape index (κ1) is 21.3. The number of methoxy groups -OCH3 is 3. The van der Waals surface area contributed by atoms with E-state index in [1.165, 1.54) is 21.3 Å². The van der Waals surface area contributed by atoms with Crippen molar-refractivity contribution in [1.29, 1.82) is 5.26 Å². The molecule has 4 aromatic rings. The molecule has 162 valence electrons. The summed E-state index contributed by atoms with van der Waals surface area (Å²) in [5, 5.41) is 15.7. The number of halogens is 1. The van der Waals surface area contributed by atoms with Crippen molar-refractivity contribution in [2.45, 2.75) is 6.92 Å². The number of hydrogen-bond acceptors (Lipinski definition) is 6. The summed E-state index contributed by atoms with van der Waals surface area (Å²) in [4.78, 5) is 15.7. The van der Waals surface area contributed by atoms with Gasteiger partial charge in [0, 0.05) is 21.5 Å². The third-order valence-electron chi connectivity index (χ3n) is 5.18. The second-order valence-corrected chi connectivity index (χ2v) is 7.33. The summed E-state index contributed by atoms with van der Waals surface area (Å²) in [6.45, 7) is 1.81. The molecule has 4 rings (SSSR count). The van der Waals surface area contributed by atoms with E-state index in [0.29, 0.717) is 55.8 Å². The molecule has 1 N–H and O–H groups in total. The van der Waals surface area contributed by atoms with E-state index >= 15 is 0 Å². The van der Waals surface area contributed by atoms with Gasteiger partial charge in [0.05, 0.1) is 32.7 Å². The summed E-state index contributed by atoms with van der Waals surface area (Å²) < 4.78 is 18.1. The molecule has 0 aliphatic heterocycles. The maximum Gasteiger partial charge on any atom is 0.268 e. The van der Waals surface area contributed by atoms with E-state index in [-0.39, 0.29) is 5.56 Å². The van der Waals surface area contributed by atoms with Crippen LogP contribution in [0.3, 0.4) is 0 Å². The van der Waals surface area contributed by atoms with E-state index in [1.54, 1.807) is 41.1 Å². The van der Waals surface area contributed by atoms with Crippen LogP contribution in [0.4, 0.5) is 0 Å². The van der Waals surface area contributed by atoms with Crippen LogP contribution in [0.1, 0.15) is 11.3 Å². The highest BCUT2D eigenvalue weighted by Gasteiger charge is 2.26. The van der Waals surface area contributed by atoms with E-state index < -0.39 is 5.56 Å². The molecule has 8 nitrogen and oxygen atoms in total. The van der Waals surface area contributed by atoms with Crippen LogP contribution in [0, 0.1) is 18.3 Å². The molecular weight excluding hydrogens is 432 g/mol. The van der Waals surface area contributed by atoms with Crippen molar-refractivity contribution in [2.24, 2.45) is 0 Å². The number of H-pyrrole nitrogens is 1. The molecule has 9 heteroatoms. The fourth-order valence-electron chi connectivity index (χ4n) is 3.79. The zero-order chi connectivity index (χ0) is 23.0. The molecule has 0 atom stereocenters. The molecule has 0 fully saturated rings. The van der Waals surface area contributed by atoms with Crippen LogP contribution in [-0.4, -0.2) is 36.1 Å². The zero-order valence-corrected chi connectivity index (χ0v) is 18.6. The normalized spacial score (nSPS) is 10.8. The number of benzene rings is 2. The van der Waals surface area contributed by atoms with Gasteiger partial charge in [-0.15, -0.1) is 0 Å². The minimum Gasteiger partial charge on any atom is -0.493 e. The minimum absolute atomic E-state index is 0.0539. The zero-order valence-electron chi connectivity index (χ0n) is 17.8. The average Bonchev–Trinajstić information content (AvgIpc) is 3.13. The molecule has 0 spiro atoms. The van der Waals surface area contributed by atoms with E-state index in [1.807, 2.05) is 13.0 Å². The number of aromatic nitrogens is 3. The molecule has 32 heavy (non-hydrogen) atoms. The number of nitrogens with one attached hydrogen (secondary N) is 1. The van der Waals surface area contributed by atoms with Crippen molar-refractivity contribution in [3.8, 4) is 40.1 Å². The van der Waals surface area contributed by atoms with E-state index in [2.05, 4.69) is 10.1 Å². The van der Waals surface area contributed by atoms with Crippen LogP contribution < -0.4 is 19.8 Å². The largest absolute Gasteiger partial charge is 0.493 e. The fourth-order valence-corrected chi connectivity index (χ4v) is 3.92. The Morgan fingerprint density at radius 2 is 1.72 bits per heavy atom. The summed E-state index contributed by atoms with van der Waals surface area (Å²) in [6.07, 6.45) is 0. The molecule has 0 bridgehead atoms. The first-order valence-electron chi connectivity index (χ1n) is 9.56. The van der Waals surface area contributed by atoms with Gasteiger partial charge in [-0.05, 0) is 43.3 Å². The van der Waals surface area contributed by atoms with Gasteiger partial charge in [0.25, 0.3) is 5.56 Å². The lowest BCUT2D eigenvalue weighted by Crippen LogP contribution is -2.14. The first-order valence-corrected chi connectivity index (χ1v) is 9.93. The highest BCUT2D eigenvalue weighted by Crippen LogP contribution is 2.46.